The number of rotatable bonds is 4. The number of urea groups is 1. The van der Waals surface area contributed by atoms with E-state index in [9.17, 15) is 9.59 Å². The lowest BCUT2D eigenvalue weighted by Crippen LogP contribution is -2.44. The predicted octanol–water partition coefficient (Wildman–Crippen LogP) is 1.54. The molecule has 3 atom stereocenters. The predicted molar refractivity (Wildman–Crippen MR) is 64.8 cm³/mol. The second-order valence-corrected chi connectivity index (χ2v) is 5.18. The molecule has 17 heavy (non-hydrogen) atoms. The van der Waals surface area contributed by atoms with Crippen LogP contribution in [-0.4, -0.2) is 41.6 Å². The van der Waals surface area contributed by atoms with Crippen LogP contribution < -0.4 is 5.32 Å². The van der Waals surface area contributed by atoms with Gasteiger partial charge in [-0.1, -0.05) is 13.8 Å². The third-order valence-corrected chi connectivity index (χ3v) is 3.34. The molecule has 0 spiro atoms. The summed E-state index contributed by atoms with van der Waals surface area (Å²) in [4.78, 5) is 23.9. The van der Waals surface area contributed by atoms with Gasteiger partial charge in [0.25, 0.3) is 0 Å². The summed E-state index contributed by atoms with van der Waals surface area (Å²) in [5, 5.41) is 11.7. The maximum Gasteiger partial charge on any atom is 0.317 e. The first kappa shape index (κ1) is 13.8. The molecule has 0 aliphatic heterocycles. The van der Waals surface area contributed by atoms with Gasteiger partial charge in [-0.15, -0.1) is 0 Å². The van der Waals surface area contributed by atoms with Crippen LogP contribution in [0.4, 0.5) is 4.79 Å². The van der Waals surface area contributed by atoms with Crippen LogP contribution in [0.5, 0.6) is 0 Å². The summed E-state index contributed by atoms with van der Waals surface area (Å²) in [5.74, 6) is -0.740. The molecule has 5 nitrogen and oxygen atoms in total. The summed E-state index contributed by atoms with van der Waals surface area (Å²) in [6, 6.07) is 0.0808. The Balaban J connectivity index is 2.34. The molecule has 0 heterocycles. The molecule has 3 unspecified atom stereocenters. The highest BCUT2D eigenvalue weighted by atomic mass is 16.4. The van der Waals surface area contributed by atoms with Gasteiger partial charge in [0.2, 0.25) is 0 Å². The van der Waals surface area contributed by atoms with Crippen molar-refractivity contribution in [3.05, 3.63) is 0 Å². The molecule has 0 aromatic heterocycles. The van der Waals surface area contributed by atoms with Crippen LogP contribution in [0.2, 0.25) is 0 Å². The van der Waals surface area contributed by atoms with E-state index in [2.05, 4.69) is 12.2 Å². The molecule has 1 rings (SSSR count). The summed E-state index contributed by atoms with van der Waals surface area (Å²) in [6.07, 6.45) is 3.20. The van der Waals surface area contributed by atoms with Gasteiger partial charge in [0, 0.05) is 19.6 Å². The summed E-state index contributed by atoms with van der Waals surface area (Å²) < 4.78 is 0. The highest BCUT2D eigenvalue weighted by Gasteiger charge is 2.24. The summed E-state index contributed by atoms with van der Waals surface area (Å²) in [6.45, 7) is 4.02. The topological polar surface area (TPSA) is 69.6 Å². The molecule has 2 amide bonds. The number of nitrogens with zero attached hydrogens (tertiary/aromatic N) is 1. The van der Waals surface area contributed by atoms with Gasteiger partial charge >= 0.3 is 12.0 Å². The smallest absolute Gasteiger partial charge is 0.317 e. The minimum atomic E-state index is -0.876. The highest BCUT2D eigenvalue weighted by molar-refractivity contribution is 5.76. The maximum absolute atomic E-state index is 11.8. The van der Waals surface area contributed by atoms with E-state index in [-0.39, 0.29) is 18.6 Å². The number of hydrogen-bond acceptors (Lipinski definition) is 2. The van der Waals surface area contributed by atoms with E-state index < -0.39 is 11.9 Å². The van der Waals surface area contributed by atoms with Gasteiger partial charge in [0.05, 0.1) is 5.92 Å². The van der Waals surface area contributed by atoms with E-state index in [4.69, 9.17) is 5.11 Å². The van der Waals surface area contributed by atoms with Gasteiger partial charge in [0.15, 0.2) is 0 Å². The van der Waals surface area contributed by atoms with Gasteiger partial charge in [-0.2, -0.15) is 0 Å². The van der Waals surface area contributed by atoms with Crippen molar-refractivity contribution in [3.63, 3.8) is 0 Å². The Hall–Kier alpha value is -1.26. The number of nitrogens with one attached hydrogen (secondary N) is 1. The largest absolute Gasteiger partial charge is 0.481 e. The molecule has 0 aromatic carbocycles. The Morgan fingerprint density at radius 1 is 1.47 bits per heavy atom. The molecule has 2 N–H and O–H groups in total. The molecule has 1 fully saturated rings. The monoisotopic (exact) mass is 242 g/mol. The fraction of sp³-hybridized carbons (Fsp3) is 0.833. The highest BCUT2D eigenvalue weighted by Crippen LogP contribution is 2.24. The Bertz CT molecular complexity index is 293. The van der Waals surface area contributed by atoms with Crippen molar-refractivity contribution in [2.45, 2.75) is 39.2 Å². The molecule has 0 aromatic rings. The van der Waals surface area contributed by atoms with E-state index in [1.807, 2.05) is 0 Å². The lowest BCUT2D eigenvalue weighted by molar-refractivity contribution is -0.141. The van der Waals surface area contributed by atoms with Crippen LogP contribution in [0.25, 0.3) is 0 Å². The van der Waals surface area contributed by atoms with E-state index >= 15 is 0 Å². The standard InChI is InChI=1S/C12H22N2O3/c1-8-4-5-10(6-8)13-12(17)14(3)7-9(2)11(15)16/h8-10H,4-7H2,1-3H3,(H,13,17)(H,15,16). The summed E-state index contributed by atoms with van der Waals surface area (Å²) in [5.41, 5.74) is 0. The fourth-order valence-electron chi connectivity index (χ4n) is 2.19. The van der Waals surface area contributed by atoms with Gasteiger partial charge < -0.3 is 15.3 Å². The lowest BCUT2D eigenvalue weighted by Gasteiger charge is -2.22. The number of aliphatic carboxylic acids is 1. The Morgan fingerprint density at radius 3 is 2.59 bits per heavy atom. The molecule has 0 bridgehead atoms. The number of carboxylic acid groups (broad SMARTS) is 1. The fourth-order valence-corrected chi connectivity index (χ4v) is 2.19. The number of carboxylic acids is 1. The first-order valence-electron chi connectivity index (χ1n) is 6.14. The van der Waals surface area contributed by atoms with Crippen molar-refractivity contribution in [1.29, 1.82) is 0 Å². The SMILES string of the molecule is CC1CCC(NC(=O)N(C)CC(C)C(=O)O)C1. The zero-order valence-corrected chi connectivity index (χ0v) is 10.8. The molecular weight excluding hydrogens is 220 g/mol. The van der Waals surface area contributed by atoms with E-state index in [1.54, 1.807) is 14.0 Å². The average molecular weight is 242 g/mol. The zero-order chi connectivity index (χ0) is 13.0. The number of amides is 2. The Morgan fingerprint density at radius 2 is 2.12 bits per heavy atom. The summed E-state index contributed by atoms with van der Waals surface area (Å²) in [7, 11) is 1.63. The normalized spacial score (nSPS) is 25.4. The van der Waals surface area contributed by atoms with E-state index in [0.717, 1.165) is 19.3 Å². The van der Waals surface area contributed by atoms with Crippen molar-refractivity contribution in [1.82, 2.24) is 10.2 Å². The van der Waals surface area contributed by atoms with Crippen LogP contribution in [0.1, 0.15) is 33.1 Å². The second kappa shape index (κ2) is 5.89. The summed E-state index contributed by atoms with van der Waals surface area (Å²) >= 11 is 0. The molecular formula is C12H22N2O3. The Kier molecular flexibility index (Phi) is 4.78. The minimum Gasteiger partial charge on any atom is -0.481 e. The first-order chi connectivity index (χ1) is 7.90. The molecule has 5 heteroatoms. The third kappa shape index (κ3) is 4.24. The zero-order valence-electron chi connectivity index (χ0n) is 10.8. The Labute approximate surface area is 102 Å². The molecule has 1 saturated carbocycles. The molecule has 0 saturated heterocycles. The quantitative estimate of drug-likeness (QED) is 0.785. The van der Waals surface area contributed by atoms with Crippen LogP contribution in [0.15, 0.2) is 0 Å². The van der Waals surface area contributed by atoms with Gasteiger partial charge in [-0.25, -0.2) is 4.79 Å². The average Bonchev–Trinajstić information content (AvgIpc) is 2.63. The molecule has 1 aliphatic carbocycles. The van der Waals surface area contributed by atoms with Crippen LogP contribution in [-0.2, 0) is 4.79 Å². The minimum absolute atomic E-state index is 0.169. The molecule has 0 radical (unpaired) electrons. The molecule has 1 aliphatic rings. The van der Waals surface area contributed by atoms with Crippen molar-refractivity contribution in [2.24, 2.45) is 11.8 Å². The van der Waals surface area contributed by atoms with Gasteiger partial charge in [-0.05, 0) is 25.2 Å². The van der Waals surface area contributed by atoms with Crippen LogP contribution in [0, 0.1) is 11.8 Å². The molecule has 98 valence electrons. The lowest BCUT2D eigenvalue weighted by atomic mass is 10.1. The number of carbonyl (C=O) groups is 2. The number of carbonyl (C=O) groups excluding carboxylic acids is 1. The van der Waals surface area contributed by atoms with E-state index in [0.29, 0.717) is 5.92 Å². The van der Waals surface area contributed by atoms with Crippen molar-refractivity contribution >= 4 is 12.0 Å². The number of hydrogen-bond donors (Lipinski definition) is 2. The van der Waals surface area contributed by atoms with Crippen molar-refractivity contribution in [3.8, 4) is 0 Å². The van der Waals surface area contributed by atoms with Gasteiger partial charge in [0.1, 0.15) is 0 Å². The van der Waals surface area contributed by atoms with Crippen molar-refractivity contribution in [2.75, 3.05) is 13.6 Å². The maximum atomic E-state index is 11.8. The van der Waals surface area contributed by atoms with Crippen LogP contribution >= 0.6 is 0 Å². The van der Waals surface area contributed by atoms with Crippen LogP contribution in [0.3, 0.4) is 0 Å². The second-order valence-electron chi connectivity index (χ2n) is 5.18. The first-order valence-corrected chi connectivity index (χ1v) is 6.14. The van der Waals surface area contributed by atoms with Gasteiger partial charge in [-0.3, -0.25) is 4.79 Å². The van der Waals surface area contributed by atoms with Crippen molar-refractivity contribution < 1.29 is 14.7 Å². The van der Waals surface area contributed by atoms with E-state index in [1.165, 1.54) is 4.90 Å². The third-order valence-electron chi connectivity index (χ3n) is 3.34.